The summed E-state index contributed by atoms with van der Waals surface area (Å²) in [5.41, 5.74) is 2.57. The predicted octanol–water partition coefficient (Wildman–Crippen LogP) is 2.31. The molecule has 0 radical (unpaired) electrons. The molecule has 0 saturated heterocycles. The van der Waals surface area contributed by atoms with Crippen LogP contribution in [-0.4, -0.2) is 16.1 Å². The molecule has 0 aliphatic carbocycles. The topological polar surface area (TPSA) is 62.2 Å². The molecule has 2 rings (SSSR count). The second-order valence-corrected chi connectivity index (χ2v) is 4.33. The Labute approximate surface area is 112 Å². The number of carbonyl (C=O) groups is 1. The van der Waals surface area contributed by atoms with Crippen molar-refractivity contribution in [1.29, 1.82) is 0 Å². The molecule has 1 aromatic heterocycles. The first-order valence-corrected chi connectivity index (χ1v) is 6.10. The molecule has 0 fully saturated rings. The molecule has 0 spiro atoms. The lowest BCUT2D eigenvalue weighted by Crippen LogP contribution is -2.29. The maximum Gasteiger partial charge on any atom is 0.325 e. The van der Waals surface area contributed by atoms with Gasteiger partial charge in [0, 0.05) is 12.7 Å². The van der Waals surface area contributed by atoms with E-state index in [9.17, 15) is 9.90 Å². The number of rotatable bonds is 5. The van der Waals surface area contributed by atoms with Gasteiger partial charge in [-0.25, -0.2) is 0 Å². The first-order chi connectivity index (χ1) is 9.18. The minimum absolute atomic E-state index is 0.423. The van der Waals surface area contributed by atoms with Gasteiger partial charge in [-0.3, -0.25) is 15.1 Å². The molecule has 0 aliphatic heterocycles. The minimum atomic E-state index is -0.884. The Morgan fingerprint density at radius 3 is 2.63 bits per heavy atom. The number of nitrogens with one attached hydrogen (secondary N) is 1. The van der Waals surface area contributed by atoms with Gasteiger partial charge in [0.25, 0.3) is 0 Å². The highest BCUT2D eigenvalue weighted by atomic mass is 16.4. The normalized spacial score (nSPS) is 12.1. The van der Waals surface area contributed by atoms with E-state index >= 15 is 0 Å². The third-order valence-electron chi connectivity index (χ3n) is 2.96. The number of hydrogen-bond donors (Lipinski definition) is 2. The van der Waals surface area contributed by atoms with Gasteiger partial charge >= 0.3 is 5.97 Å². The maximum atomic E-state index is 11.4. The van der Waals surface area contributed by atoms with Gasteiger partial charge in [0.1, 0.15) is 6.04 Å². The van der Waals surface area contributed by atoms with Gasteiger partial charge in [-0.2, -0.15) is 0 Å². The van der Waals surface area contributed by atoms with Crippen LogP contribution < -0.4 is 5.32 Å². The van der Waals surface area contributed by atoms with Gasteiger partial charge < -0.3 is 5.11 Å². The fraction of sp³-hybridized carbons (Fsp3) is 0.200. The molecule has 0 amide bonds. The van der Waals surface area contributed by atoms with Crippen molar-refractivity contribution in [3.8, 4) is 0 Å². The lowest BCUT2D eigenvalue weighted by atomic mass is 10.0. The van der Waals surface area contributed by atoms with Crippen LogP contribution in [0.1, 0.15) is 22.9 Å². The number of carboxylic acids is 1. The minimum Gasteiger partial charge on any atom is -0.480 e. The van der Waals surface area contributed by atoms with Gasteiger partial charge in [-0.1, -0.05) is 30.3 Å². The van der Waals surface area contributed by atoms with Gasteiger partial charge in [0.15, 0.2) is 0 Å². The largest absolute Gasteiger partial charge is 0.480 e. The number of aliphatic carboxylic acids is 1. The Hall–Kier alpha value is -2.20. The van der Waals surface area contributed by atoms with Crippen LogP contribution in [0.3, 0.4) is 0 Å². The molecule has 1 atom stereocenters. The van der Waals surface area contributed by atoms with Crippen LogP contribution in [0.4, 0.5) is 0 Å². The SMILES string of the molecule is Cc1ccccc1C(NCc1ccccn1)C(=O)O. The van der Waals surface area contributed by atoms with E-state index in [1.165, 1.54) is 0 Å². The summed E-state index contributed by atoms with van der Waals surface area (Å²) in [5.74, 6) is -0.884. The summed E-state index contributed by atoms with van der Waals surface area (Å²) in [7, 11) is 0. The lowest BCUT2D eigenvalue weighted by Gasteiger charge is -2.16. The summed E-state index contributed by atoms with van der Waals surface area (Å²) in [6.07, 6.45) is 1.69. The standard InChI is InChI=1S/C15H16N2O2/c1-11-6-2-3-8-13(11)14(15(18)19)17-10-12-7-4-5-9-16-12/h2-9,14,17H,10H2,1H3,(H,18,19). The molecular formula is C15H16N2O2. The van der Waals surface area contributed by atoms with Crippen molar-refractivity contribution in [2.75, 3.05) is 0 Å². The molecule has 1 aromatic carbocycles. The molecule has 2 aromatic rings. The summed E-state index contributed by atoms with van der Waals surface area (Å²) in [6.45, 7) is 2.33. The number of hydrogen-bond acceptors (Lipinski definition) is 3. The summed E-state index contributed by atoms with van der Waals surface area (Å²) in [5, 5.41) is 12.4. The molecule has 1 heterocycles. The van der Waals surface area contributed by atoms with E-state index in [1.807, 2.05) is 49.4 Å². The first-order valence-electron chi connectivity index (χ1n) is 6.10. The molecule has 0 bridgehead atoms. The molecule has 0 aliphatic rings. The van der Waals surface area contributed by atoms with Crippen LogP contribution in [0.2, 0.25) is 0 Å². The number of carboxylic acid groups (broad SMARTS) is 1. The van der Waals surface area contributed by atoms with E-state index in [4.69, 9.17) is 0 Å². The highest BCUT2D eigenvalue weighted by Crippen LogP contribution is 2.18. The average Bonchev–Trinajstić information content (AvgIpc) is 2.42. The number of pyridine rings is 1. The predicted molar refractivity (Wildman–Crippen MR) is 72.6 cm³/mol. The fourth-order valence-corrected chi connectivity index (χ4v) is 1.95. The van der Waals surface area contributed by atoms with Crippen LogP contribution in [0.25, 0.3) is 0 Å². The Bertz CT molecular complexity index is 555. The van der Waals surface area contributed by atoms with Crippen molar-refractivity contribution < 1.29 is 9.90 Å². The van der Waals surface area contributed by atoms with Crippen LogP contribution in [0.5, 0.6) is 0 Å². The molecule has 19 heavy (non-hydrogen) atoms. The van der Waals surface area contributed by atoms with E-state index < -0.39 is 12.0 Å². The summed E-state index contributed by atoms with van der Waals surface area (Å²) in [4.78, 5) is 15.6. The zero-order valence-electron chi connectivity index (χ0n) is 10.7. The number of benzene rings is 1. The van der Waals surface area contributed by atoms with E-state index in [1.54, 1.807) is 6.20 Å². The average molecular weight is 256 g/mol. The zero-order chi connectivity index (χ0) is 13.7. The third-order valence-corrected chi connectivity index (χ3v) is 2.96. The Kier molecular flexibility index (Phi) is 4.26. The van der Waals surface area contributed by atoms with Crippen LogP contribution >= 0.6 is 0 Å². The molecule has 98 valence electrons. The maximum absolute atomic E-state index is 11.4. The number of aryl methyl sites for hydroxylation is 1. The Morgan fingerprint density at radius 2 is 2.00 bits per heavy atom. The second-order valence-electron chi connectivity index (χ2n) is 4.33. The number of aromatic nitrogens is 1. The molecular weight excluding hydrogens is 240 g/mol. The van der Waals surface area contributed by atoms with Gasteiger partial charge in [-0.05, 0) is 30.2 Å². The van der Waals surface area contributed by atoms with Crippen molar-refractivity contribution in [2.24, 2.45) is 0 Å². The van der Waals surface area contributed by atoms with Crippen molar-refractivity contribution in [3.05, 3.63) is 65.5 Å². The Morgan fingerprint density at radius 1 is 1.26 bits per heavy atom. The first kappa shape index (κ1) is 13.2. The van der Waals surface area contributed by atoms with Crippen LogP contribution in [0, 0.1) is 6.92 Å². The van der Waals surface area contributed by atoms with Crippen molar-refractivity contribution in [3.63, 3.8) is 0 Å². The smallest absolute Gasteiger partial charge is 0.325 e. The molecule has 4 heteroatoms. The van der Waals surface area contributed by atoms with Crippen molar-refractivity contribution in [2.45, 2.75) is 19.5 Å². The highest BCUT2D eigenvalue weighted by Gasteiger charge is 2.20. The zero-order valence-corrected chi connectivity index (χ0v) is 10.7. The van der Waals surface area contributed by atoms with E-state index in [2.05, 4.69) is 10.3 Å². The van der Waals surface area contributed by atoms with Crippen molar-refractivity contribution >= 4 is 5.97 Å². The van der Waals surface area contributed by atoms with E-state index in [0.29, 0.717) is 6.54 Å². The number of nitrogens with zero attached hydrogens (tertiary/aromatic N) is 1. The Balaban J connectivity index is 2.14. The van der Waals surface area contributed by atoms with Crippen molar-refractivity contribution in [1.82, 2.24) is 10.3 Å². The second kappa shape index (κ2) is 6.11. The quantitative estimate of drug-likeness (QED) is 0.861. The lowest BCUT2D eigenvalue weighted by molar-refractivity contribution is -0.139. The van der Waals surface area contributed by atoms with E-state index in [-0.39, 0.29) is 0 Å². The van der Waals surface area contributed by atoms with Crippen LogP contribution in [-0.2, 0) is 11.3 Å². The highest BCUT2D eigenvalue weighted by molar-refractivity contribution is 5.76. The summed E-state index contributed by atoms with van der Waals surface area (Å²) < 4.78 is 0. The molecule has 4 nitrogen and oxygen atoms in total. The fourth-order valence-electron chi connectivity index (χ4n) is 1.95. The summed E-state index contributed by atoms with van der Waals surface area (Å²) >= 11 is 0. The summed E-state index contributed by atoms with van der Waals surface area (Å²) in [6, 6.07) is 12.4. The van der Waals surface area contributed by atoms with E-state index in [0.717, 1.165) is 16.8 Å². The van der Waals surface area contributed by atoms with Crippen LogP contribution in [0.15, 0.2) is 48.7 Å². The molecule has 2 N–H and O–H groups in total. The third kappa shape index (κ3) is 3.39. The van der Waals surface area contributed by atoms with Gasteiger partial charge in [0.05, 0.1) is 5.69 Å². The molecule has 1 unspecified atom stereocenters. The van der Waals surface area contributed by atoms with Gasteiger partial charge in [-0.15, -0.1) is 0 Å². The monoisotopic (exact) mass is 256 g/mol. The van der Waals surface area contributed by atoms with Gasteiger partial charge in [0.2, 0.25) is 0 Å². The molecule has 0 saturated carbocycles.